The van der Waals surface area contributed by atoms with E-state index in [0.29, 0.717) is 28.6 Å². The predicted octanol–water partition coefficient (Wildman–Crippen LogP) is 3.39. The molecule has 3 rings (SSSR count). The van der Waals surface area contributed by atoms with Crippen molar-refractivity contribution < 1.29 is 4.79 Å². The molecule has 0 N–H and O–H groups in total. The molecule has 2 aromatic rings. The average Bonchev–Trinajstić information content (AvgIpc) is 2.63. The van der Waals surface area contributed by atoms with Gasteiger partial charge in [0.2, 0.25) is 0 Å². The van der Waals surface area contributed by atoms with Gasteiger partial charge in [-0.05, 0) is 29.8 Å². The summed E-state index contributed by atoms with van der Waals surface area (Å²) in [7, 11) is 0. The molecule has 6 heteroatoms. The lowest BCUT2D eigenvalue weighted by atomic mass is 10.1. The molecule has 1 aliphatic heterocycles. The summed E-state index contributed by atoms with van der Waals surface area (Å²) < 4.78 is 0. The largest absolute Gasteiger partial charge is 0.353 e. The highest BCUT2D eigenvalue weighted by molar-refractivity contribution is 7.80. The zero-order valence-electron chi connectivity index (χ0n) is 13.2. The quantitative estimate of drug-likeness (QED) is 0.674. The van der Waals surface area contributed by atoms with Gasteiger partial charge in [0.05, 0.1) is 5.02 Å². The van der Waals surface area contributed by atoms with E-state index in [1.807, 2.05) is 29.2 Å². The maximum atomic E-state index is 12.7. The van der Waals surface area contributed by atoms with Crippen LogP contribution in [0.4, 0.5) is 5.82 Å². The molecule has 1 aromatic heterocycles. The summed E-state index contributed by atoms with van der Waals surface area (Å²) in [5.41, 5.74) is 1.19. The Balaban J connectivity index is 1.64. The molecular formula is C18H18ClN3OS. The van der Waals surface area contributed by atoms with Crippen LogP contribution in [-0.4, -0.2) is 42.0 Å². The second kappa shape index (κ2) is 7.28. The summed E-state index contributed by atoms with van der Waals surface area (Å²) in [6, 6.07) is 11.2. The van der Waals surface area contributed by atoms with E-state index in [1.165, 1.54) is 0 Å². The van der Waals surface area contributed by atoms with Crippen molar-refractivity contribution in [2.45, 2.75) is 4.90 Å². The fourth-order valence-electron chi connectivity index (χ4n) is 2.69. The van der Waals surface area contributed by atoms with Crippen molar-refractivity contribution in [1.82, 2.24) is 9.88 Å². The lowest BCUT2D eigenvalue weighted by Crippen LogP contribution is -2.49. The number of rotatable bonds is 3. The summed E-state index contributed by atoms with van der Waals surface area (Å²) in [6.45, 7) is 6.75. The van der Waals surface area contributed by atoms with Gasteiger partial charge in [-0.2, -0.15) is 0 Å². The van der Waals surface area contributed by atoms with Crippen LogP contribution in [0.25, 0.3) is 5.57 Å². The van der Waals surface area contributed by atoms with E-state index in [2.05, 4.69) is 29.1 Å². The minimum absolute atomic E-state index is 0.0568. The minimum atomic E-state index is -0.0568. The second-order valence-electron chi connectivity index (χ2n) is 5.61. The smallest absolute Gasteiger partial charge is 0.253 e. The van der Waals surface area contributed by atoms with Crippen molar-refractivity contribution in [3.05, 3.63) is 59.8 Å². The van der Waals surface area contributed by atoms with Gasteiger partial charge in [-0.25, -0.2) is 4.98 Å². The normalized spacial score (nSPS) is 14.6. The Morgan fingerprint density at radius 2 is 1.92 bits per heavy atom. The molecule has 0 radical (unpaired) electrons. The van der Waals surface area contributed by atoms with Gasteiger partial charge in [0.1, 0.15) is 5.82 Å². The number of pyridine rings is 1. The highest BCUT2D eigenvalue weighted by atomic mass is 35.5. The van der Waals surface area contributed by atoms with Crippen LogP contribution in [0.2, 0.25) is 5.02 Å². The Labute approximate surface area is 152 Å². The molecule has 1 saturated heterocycles. The fourth-order valence-corrected chi connectivity index (χ4v) is 3.01. The van der Waals surface area contributed by atoms with Crippen molar-refractivity contribution in [2.75, 3.05) is 31.1 Å². The first-order chi connectivity index (χ1) is 11.6. The van der Waals surface area contributed by atoms with Gasteiger partial charge in [0, 0.05) is 42.8 Å². The van der Waals surface area contributed by atoms with E-state index >= 15 is 0 Å². The number of hydrogen-bond acceptors (Lipinski definition) is 4. The molecule has 2 heterocycles. The number of anilines is 1. The van der Waals surface area contributed by atoms with Gasteiger partial charge in [-0.3, -0.25) is 4.79 Å². The standard InChI is InChI=1S/C18H18ClN3OS/c1-13(14-5-6-16(24)15(19)12-14)18(23)22-10-8-21(9-11-22)17-4-2-3-7-20-17/h2-7,12,24H,1,8-11H2. The number of piperazine rings is 1. The number of aromatic nitrogens is 1. The molecule has 0 atom stereocenters. The van der Waals surface area contributed by atoms with Gasteiger partial charge < -0.3 is 9.80 Å². The monoisotopic (exact) mass is 359 g/mol. The molecule has 0 bridgehead atoms. The predicted molar refractivity (Wildman–Crippen MR) is 101 cm³/mol. The molecule has 4 nitrogen and oxygen atoms in total. The highest BCUT2D eigenvalue weighted by Gasteiger charge is 2.24. The number of amides is 1. The fraction of sp³-hybridized carbons (Fsp3) is 0.222. The van der Waals surface area contributed by atoms with Crippen molar-refractivity contribution >= 4 is 41.5 Å². The first-order valence-electron chi connectivity index (χ1n) is 7.69. The van der Waals surface area contributed by atoms with Crippen LogP contribution in [0.15, 0.2) is 54.1 Å². The number of halogens is 1. The van der Waals surface area contributed by atoms with Crippen LogP contribution < -0.4 is 4.90 Å². The van der Waals surface area contributed by atoms with E-state index in [0.717, 1.165) is 24.5 Å². The number of hydrogen-bond donors (Lipinski definition) is 1. The van der Waals surface area contributed by atoms with Crippen molar-refractivity contribution in [3.63, 3.8) is 0 Å². The van der Waals surface area contributed by atoms with Gasteiger partial charge in [0.15, 0.2) is 0 Å². The van der Waals surface area contributed by atoms with Crippen LogP contribution in [-0.2, 0) is 4.79 Å². The number of carbonyl (C=O) groups excluding carboxylic acids is 1. The van der Waals surface area contributed by atoms with E-state index in [9.17, 15) is 4.79 Å². The molecule has 0 aliphatic carbocycles. The zero-order valence-corrected chi connectivity index (χ0v) is 14.8. The van der Waals surface area contributed by atoms with Crippen LogP contribution in [0.3, 0.4) is 0 Å². The molecule has 1 amide bonds. The third-order valence-electron chi connectivity index (χ3n) is 4.09. The Bertz CT molecular complexity index is 758. The second-order valence-corrected chi connectivity index (χ2v) is 6.50. The van der Waals surface area contributed by atoms with Crippen LogP contribution in [0, 0.1) is 0 Å². The summed E-state index contributed by atoms with van der Waals surface area (Å²) in [5, 5.41) is 0.518. The van der Waals surface area contributed by atoms with E-state index in [-0.39, 0.29) is 5.91 Å². The van der Waals surface area contributed by atoms with E-state index in [1.54, 1.807) is 18.3 Å². The lowest BCUT2D eigenvalue weighted by molar-refractivity contribution is -0.125. The Hall–Kier alpha value is -1.98. The molecule has 24 heavy (non-hydrogen) atoms. The molecule has 0 spiro atoms. The highest BCUT2D eigenvalue weighted by Crippen LogP contribution is 2.25. The molecule has 1 aliphatic rings. The number of nitrogens with zero attached hydrogens (tertiary/aromatic N) is 3. The number of benzene rings is 1. The molecular weight excluding hydrogens is 342 g/mol. The summed E-state index contributed by atoms with van der Waals surface area (Å²) >= 11 is 10.3. The maximum absolute atomic E-state index is 12.7. The molecule has 1 aromatic carbocycles. The van der Waals surface area contributed by atoms with Crippen molar-refractivity contribution in [1.29, 1.82) is 0 Å². The summed E-state index contributed by atoms with van der Waals surface area (Å²) in [5.74, 6) is 0.887. The SMILES string of the molecule is C=C(C(=O)N1CCN(c2ccccn2)CC1)c1ccc(S)c(Cl)c1. The molecule has 124 valence electrons. The average molecular weight is 360 g/mol. The maximum Gasteiger partial charge on any atom is 0.253 e. The zero-order chi connectivity index (χ0) is 17.1. The summed E-state index contributed by atoms with van der Waals surface area (Å²) in [6.07, 6.45) is 1.78. The lowest BCUT2D eigenvalue weighted by Gasteiger charge is -2.35. The third kappa shape index (κ3) is 3.57. The van der Waals surface area contributed by atoms with E-state index in [4.69, 9.17) is 11.6 Å². The topological polar surface area (TPSA) is 36.4 Å². The Morgan fingerprint density at radius 1 is 1.17 bits per heavy atom. The van der Waals surface area contributed by atoms with Crippen molar-refractivity contribution in [2.24, 2.45) is 0 Å². The van der Waals surface area contributed by atoms with Crippen LogP contribution >= 0.6 is 24.2 Å². The van der Waals surface area contributed by atoms with E-state index < -0.39 is 0 Å². The molecule has 0 saturated carbocycles. The van der Waals surface area contributed by atoms with Crippen LogP contribution in [0.1, 0.15) is 5.56 Å². The van der Waals surface area contributed by atoms with Crippen molar-refractivity contribution in [3.8, 4) is 0 Å². The third-order valence-corrected chi connectivity index (χ3v) is 4.93. The molecule has 1 fully saturated rings. The van der Waals surface area contributed by atoms with Gasteiger partial charge in [-0.15, -0.1) is 12.6 Å². The number of thiol groups is 1. The van der Waals surface area contributed by atoms with Gasteiger partial charge in [0.25, 0.3) is 5.91 Å². The Kier molecular flexibility index (Phi) is 5.11. The first kappa shape index (κ1) is 16.9. The summed E-state index contributed by atoms with van der Waals surface area (Å²) in [4.78, 5) is 21.7. The minimum Gasteiger partial charge on any atom is -0.353 e. The first-order valence-corrected chi connectivity index (χ1v) is 8.52. The number of carbonyl (C=O) groups is 1. The van der Waals surface area contributed by atoms with Crippen LogP contribution in [0.5, 0.6) is 0 Å². The van der Waals surface area contributed by atoms with Gasteiger partial charge >= 0.3 is 0 Å². The Morgan fingerprint density at radius 3 is 2.54 bits per heavy atom. The van der Waals surface area contributed by atoms with Gasteiger partial charge in [-0.1, -0.05) is 30.3 Å². The molecule has 0 unspecified atom stereocenters.